The van der Waals surface area contributed by atoms with Crippen LogP contribution in [0.1, 0.15) is 38.5 Å². The number of rotatable bonds is 4. The van der Waals surface area contributed by atoms with Crippen molar-refractivity contribution in [1.29, 1.82) is 0 Å². The third-order valence-corrected chi connectivity index (χ3v) is 9.38. The van der Waals surface area contributed by atoms with E-state index in [1.165, 1.54) is 46.8 Å². The molecule has 5 aliphatic rings. The quantitative estimate of drug-likeness (QED) is 0.686. The van der Waals surface area contributed by atoms with Crippen molar-refractivity contribution in [2.75, 3.05) is 23.9 Å². The zero-order chi connectivity index (χ0) is 20.2. The minimum Gasteiger partial charge on any atom is -0.352 e. The number of anilines is 1. The lowest BCUT2D eigenvalue weighted by atomic mass is 9.54. The Morgan fingerprint density at radius 3 is 2.38 bits per heavy atom. The number of para-hydroxylation sites is 1. The molecule has 0 atom stereocenters. The molecular weight excluding hydrogens is 393 g/mol. The molecule has 1 aliphatic heterocycles. The third kappa shape index (κ3) is 3.54. The number of carbonyl (C=O) groups is 1. The SMILES string of the molecule is O=C(CN1CCCN(c2ccccc2F)S1(O)O)NC1C2CC3CC(C2)CC1C3. The van der Waals surface area contributed by atoms with E-state index < -0.39 is 16.8 Å². The van der Waals surface area contributed by atoms with Crippen LogP contribution in [0.2, 0.25) is 0 Å². The molecule has 4 bridgehead atoms. The van der Waals surface area contributed by atoms with Crippen LogP contribution in [0.3, 0.4) is 0 Å². The number of hydrogen-bond acceptors (Lipinski definition) is 5. The van der Waals surface area contributed by atoms with E-state index in [1.54, 1.807) is 18.2 Å². The molecule has 0 spiro atoms. The second-order valence-corrected chi connectivity index (χ2v) is 11.2. The molecule has 0 aromatic heterocycles. The molecular formula is C21H30FN3O3S. The largest absolute Gasteiger partial charge is 0.352 e. The minimum absolute atomic E-state index is 0.0733. The maximum absolute atomic E-state index is 14.2. The zero-order valence-corrected chi connectivity index (χ0v) is 17.4. The number of nitrogens with zero attached hydrogens (tertiary/aromatic N) is 2. The monoisotopic (exact) mass is 423 g/mol. The summed E-state index contributed by atoms with van der Waals surface area (Å²) in [5, 5.41) is 3.23. The highest BCUT2D eigenvalue weighted by atomic mass is 32.3. The highest BCUT2D eigenvalue weighted by Gasteiger charge is 2.49. The molecule has 160 valence electrons. The summed E-state index contributed by atoms with van der Waals surface area (Å²) in [4.78, 5) is 12.8. The number of amides is 1. The predicted octanol–water partition coefficient (Wildman–Crippen LogP) is 3.86. The number of carbonyl (C=O) groups excluding carboxylic acids is 1. The third-order valence-electron chi connectivity index (χ3n) is 7.41. The van der Waals surface area contributed by atoms with E-state index in [1.807, 2.05) is 0 Å². The lowest BCUT2D eigenvalue weighted by Gasteiger charge is -2.55. The highest BCUT2D eigenvalue weighted by molar-refractivity contribution is 8.23. The highest BCUT2D eigenvalue weighted by Crippen LogP contribution is 2.54. The first-order chi connectivity index (χ1) is 13.9. The molecule has 1 saturated heterocycles. The summed E-state index contributed by atoms with van der Waals surface area (Å²) in [6.07, 6.45) is 6.88. The van der Waals surface area contributed by atoms with Crippen molar-refractivity contribution >= 4 is 22.6 Å². The molecule has 0 radical (unpaired) electrons. The molecule has 5 fully saturated rings. The van der Waals surface area contributed by atoms with Gasteiger partial charge in [0.1, 0.15) is 5.82 Å². The lowest BCUT2D eigenvalue weighted by Crippen LogP contribution is -2.57. The van der Waals surface area contributed by atoms with Gasteiger partial charge in [0, 0.05) is 19.1 Å². The molecule has 4 aliphatic carbocycles. The fourth-order valence-corrected chi connectivity index (χ4v) is 8.13. The smallest absolute Gasteiger partial charge is 0.236 e. The van der Waals surface area contributed by atoms with E-state index in [0.717, 1.165) is 11.8 Å². The van der Waals surface area contributed by atoms with Gasteiger partial charge in [-0.2, -0.15) is 4.31 Å². The van der Waals surface area contributed by atoms with Gasteiger partial charge in [-0.3, -0.25) is 18.2 Å². The molecule has 4 saturated carbocycles. The maximum Gasteiger partial charge on any atom is 0.236 e. The lowest BCUT2D eigenvalue weighted by molar-refractivity contribution is -0.125. The Morgan fingerprint density at radius 2 is 1.72 bits per heavy atom. The molecule has 0 unspecified atom stereocenters. The van der Waals surface area contributed by atoms with E-state index in [9.17, 15) is 18.3 Å². The van der Waals surface area contributed by atoms with Crippen LogP contribution in [0.15, 0.2) is 24.3 Å². The van der Waals surface area contributed by atoms with Crippen LogP contribution >= 0.6 is 11.0 Å². The van der Waals surface area contributed by atoms with Crippen molar-refractivity contribution in [3.63, 3.8) is 0 Å². The van der Waals surface area contributed by atoms with Crippen molar-refractivity contribution in [3.05, 3.63) is 30.1 Å². The van der Waals surface area contributed by atoms with E-state index in [2.05, 4.69) is 5.32 Å². The molecule has 3 N–H and O–H groups in total. The van der Waals surface area contributed by atoms with Gasteiger partial charge in [0.15, 0.2) is 0 Å². The summed E-state index contributed by atoms with van der Waals surface area (Å²) >= 11 is 0. The van der Waals surface area contributed by atoms with Crippen LogP contribution in [-0.2, 0) is 4.79 Å². The van der Waals surface area contributed by atoms with Crippen molar-refractivity contribution in [2.24, 2.45) is 23.7 Å². The summed E-state index contributed by atoms with van der Waals surface area (Å²) in [5.74, 6) is 2.19. The summed E-state index contributed by atoms with van der Waals surface area (Å²) < 4.78 is 38.7. The Hall–Kier alpha value is -1.35. The molecule has 6 rings (SSSR count). The van der Waals surface area contributed by atoms with Gasteiger partial charge < -0.3 is 5.32 Å². The minimum atomic E-state index is -3.43. The van der Waals surface area contributed by atoms with Crippen LogP contribution in [0.5, 0.6) is 0 Å². The van der Waals surface area contributed by atoms with Gasteiger partial charge in [0.25, 0.3) is 0 Å². The van der Waals surface area contributed by atoms with Gasteiger partial charge in [-0.25, -0.2) is 4.39 Å². The van der Waals surface area contributed by atoms with Crippen molar-refractivity contribution in [1.82, 2.24) is 9.62 Å². The molecule has 29 heavy (non-hydrogen) atoms. The number of nitrogens with one attached hydrogen (secondary N) is 1. The van der Waals surface area contributed by atoms with Crippen LogP contribution in [-0.4, -0.2) is 45.0 Å². The van der Waals surface area contributed by atoms with Crippen LogP contribution in [0, 0.1) is 29.5 Å². The van der Waals surface area contributed by atoms with Gasteiger partial charge in [-0.1, -0.05) is 12.1 Å². The average Bonchev–Trinajstić information content (AvgIpc) is 2.66. The molecule has 1 amide bonds. The molecule has 1 aromatic carbocycles. The Bertz CT molecular complexity index is 764. The number of halogens is 1. The van der Waals surface area contributed by atoms with E-state index >= 15 is 0 Å². The predicted molar refractivity (Wildman–Crippen MR) is 112 cm³/mol. The Balaban J connectivity index is 1.26. The molecule has 8 heteroatoms. The van der Waals surface area contributed by atoms with Gasteiger partial charge in [0.2, 0.25) is 5.91 Å². The van der Waals surface area contributed by atoms with E-state index in [4.69, 9.17) is 0 Å². The fourth-order valence-electron chi connectivity index (χ4n) is 6.40. The Kier molecular flexibility index (Phi) is 5.01. The first-order valence-electron chi connectivity index (χ1n) is 10.8. The topological polar surface area (TPSA) is 76.0 Å². The Morgan fingerprint density at radius 1 is 1.07 bits per heavy atom. The van der Waals surface area contributed by atoms with Gasteiger partial charge in [0.05, 0.1) is 12.2 Å². The summed E-state index contributed by atoms with van der Waals surface area (Å²) in [5.41, 5.74) is 0.165. The molecule has 1 aromatic rings. The second-order valence-electron chi connectivity index (χ2n) is 9.28. The second kappa shape index (κ2) is 7.41. The normalized spacial score (nSPS) is 36.8. The fraction of sp³-hybridized carbons (Fsp3) is 0.667. The standard InChI is InChI=1S/C21H30FN3O3S/c22-18-4-1-2-5-19(18)25-7-3-6-24(29(25,27)28)13-20(26)23-21-16-9-14-8-15(11-16)12-17(21)10-14/h1-2,4-5,14-17,21,27-28H,3,6-13H2,(H,23,26). The first-order valence-corrected chi connectivity index (χ1v) is 12.2. The van der Waals surface area contributed by atoms with Crippen LogP contribution in [0.4, 0.5) is 10.1 Å². The van der Waals surface area contributed by atoms with Crippen LogP contribution in [0.25, 0.3) is 0 Å². The molecule has 6 nitrogen and oxygen atoms in total. The van der Waals surface area contributed by atoms with Crippen molar-refractivity contribution < 1.29 is 18.3 Å². The average molecular weight is 424 g/mol. The summed E-state index contributed by atoms with van der Waals surface area (Å²) in [6, 6.07) is 6.32. The van der Waals surface area contributed by atoms with E-state index in [0.29, 0.717) is 31.3 Å². The Labute approximate surface area is 173 Å². The summed E-state index contributed by atoms with van der Waals surface area (Å²) in [7, 11) is -3.43. The van der Waals surface area contributed by atoms with Crippen molar-refractivity contribution in [3.8, 4) is 0 Å². The van der Waals surface area contributed by atoms with Crippen molar-refractivity contribution in [2.45, 2.75) is 44.6 Å². The zero-order valence-electron chi connectivity index (χ0n) is 16.5. The summed E-state index contributed by atoms with van der Waals surface area (Å²) in [6.45, 7) is 0.676. The maximum atomic E-state index is 14.2. The molecule has 1 heterocycles. The number of hydrogen-bond donors (Lipinski definition) is 3. The van der Waals surface area contributed by atoms with E-state index in [-0.39, 0.29) is 24.2 Å². The first kappa shape index (κ1) is 19.6. The van der Waals surface area contributed by atoms with Crippen LogP contribution < -0.4 is 9.62 Å². The van der Waals surface area contributed by atoms with Gasteiger partial charge in [-0.05, 0) is 85.3 Å². The van der Waals surface area contributed by atoms with Gasteiger partial charge in [-0.15, -0.1) is 0 Å². The number of benzene rings is 1. The van der Waals surface area contributed by atoms with Gasteiger partial charge >= 0.3 is 0 Å².